The van der Waals surface area contributed by atoms with Crippen molar-refractivity contribution < 1.29 is 4.74 Å². The molecule has 0 saturated carbocycles. The van der Waals surface area contributed by atoms with Gasteiger partial charge in [-0.05, 0) is 31.4 Å². The summed E-state index contributed by atoms with van der Waals surface area (Å²) >= 11 is 3.60. The molecule has 1 N–H and O–H groups in total. The van der Waals surface area contributed by atoms with Gasteiger partial charge in [0.15, 0.2) is 5.96 Å². The molecule has 0 amide bonds. The van der Waals surface area contributed by atoms with Crippen molar-refractivity contribution >= 4 is 21.9 Å². The normalized spacial score (nSPS) is 25.2. The summed E-state index contributed by atoms with van der Waals surface area (Å²) in [6.45, 7) is 7.68. The van der Waals surface area contributed by atoms with Gasteiger partial charge in [0.2, 0.25) is 0 Å². The van der Waals surface area contributed by atoms with Crippen molar-refractivity contribution in [1.29, 1.82) is 0 Å². The van der Waals surface area contributed by atoms with Gasteiger partial charge in [-0.25, -0.2) is 4.99 Å². The molecule has 1 unspecified atom stereocenters. The smallest absolute Gasteiger partial charge is 0.194 e. The van der Waals surface area contributed by atoms with Crippen LogP contribution in [0.3, 0.4) is 0 Å². The summed E-state index contributed by atoms with van der Waals surface area (Å²) in [4.78, 5) is 7.24. The zero-order valence-electron chi connectivity index (χ0n) is 13.1. The van der Waals surface area contributed by atoms with Crippen molar-refractivity contribution in [1.82, 2.24) is 10.2 Å². The van der Waals surface area contributed by atoms with Gasteiger partial charge < -0.3 is 15.0 Å². The first-order chi connectivity index (χ1) is 10.7. The highest BCUT2D eigenvalue weighted by Crippen LogP contribution is 2.38. The fraction of sp³-hybridized carbons (Fsp3) is 0.588. The Hall–Kier alpha value is -1.07. The van der Waals surface area contributed by atoms with E-state index >= 15 is 0 Å². The molecule has 2 saturated heterocycles. The molecule has 2 heterocycles. The predicted octanol–water partition coefficient (Wildman–Crippen LogP) is 3.03. The van der Waals surface area contributed by atoms with E-state index in [1.54, 1.807) is 0 Å². The summed E-state index contributed by atoms with van der Waals surface area (Å²) in [7, 11) is 0. The predicted molar refractivity (Wildman–Crippen MR) is 93.0 cm³/mol. The van der Waals surface area contributed by atoms with Crippen LogP contribution in [0, 0.1) is 5.41 Å². The summed E-state index contributed by atoms with van der Waals surface area (Å²) in [5.41, 5.74) is 1.58. The molecule has 4 nitrogen and oxygen atoms in total. The number of rotatable bonds is 3. The van der Waals surface area contributed by atoms with Crippen molar-refractivity contribution in [2.75, 3.05) is 32.8 Å². The molecule has 2 aliphatic heterocycles. The standard InChI is InChI=1S/C17H24BrN3O/c1-2-19-16(20-11-14-5-3-4-6-15(14)18)21-9-7-17(12-21)8-10-22-13-17/h3-6H,2,7-13H2,1H3,(H,19,20). The minimum atomic E-state index is 0.365. The van der Waals surface area contributed by atoms with Crippen LogP contribution in [0.4, 0.5) is 0 Å². The van der Waals surface area contributed by atoms with Crippen LogP contribution >= 0.6 is 15.9 Å². The largest absolute Gasteiger partial charge is 0.381 e. The number of nitrogens with zero attached hydrogens (tertiary/aromatic N) is 2. The fourth-order valence-electron chi connectivity index (χ4n) is 3.30. The van der Waals surface area contributed by atoms with Gasteiger partial charge in [-0.1, -0.05) is 34.1 Å². The molecule has 0 radical (unpaired) electrons. The zero-order valence-corrected chi connectivity index (χ0v) is 14.7. The number of nitrogens with one attached hydrogen (secondary N) is 1. The highest BCUT2D eigenvalue weighted by Gasteiger charge is 2.42. The first-order valence-corrected chi connectivity index (χ1v) is 8.86. The number of guanidine groups is 1. The second-order valence-electron chi connectivity index (χ2n) is 6.24. The molecule has 1 atom stereocenters. The summed E-state index contributed by atoms with van der Waals surface area (Å²) in [5, 5.41) is 3.44. The number of benzene rings is 1. The topological polar surface area (TPSA) is 36.9 Å². The van der Waals surface area contributed by atoms with Crippen molar-refractivity contribution in [2.45, 2.75) is 26.3 Å². The lowest BCUT2D eigenvalue weighted by Crippen LogP contribution is -2.41. The van der Waals surface area contributed by atoms with Gasteiger partial charge in [0.25, 0.3) is 0 Å². The summed E-state index contributed by atoms with van der Waals surface area (Å²) in [6, 6.07) is 8.28. The molecule has 2 fully saturated rings. The Kier molecular flexibility index (Phi) is 5.03. The number of likely N-dealkylation sites (tertiary alicyclic amines) is 1. The molecule has 0 aliphatic carbocycles. The van der Waals surface area contributed by atoms with E-state index in [2.05, 4.69) is 51.3 Å². The van der Waals surface area contributed by atoms with Crippen molar-refractivity contribution in [3.05, 3.63) is 34.3 Å². The van der Waals surface area contributed by atoms with Crippen LogP contribution in [0.1, 0.15) is 25.3 Å². The SMILES string of the molecule is CCNC(=NCc1ccccc1Br)N1CCC2(CCOC2)C1. The third-order valence-electron chi connectivity index (χ3n) is 4.61. The Morgan fingerprint density at radius 1 is 1.41 bits per heavy atom. The average molecular weight is 366 g/mol. The van der Waals surface area contributed by atoms with E-state index in [0.717, 1.165) is 43.3 Å². The van der Waals surface area contributed by atoms with Crippen molar-refractivity contribution in [3.8, 4) is 0 Å². The van der Waals surface area contributed by atoms with Gasteiger partial charge in [-0.15, -0.1) is 0 Å². The summed E-state index contributed by atoms with van der Waals surface area (Å²) in [5.74, 6) is 1.03. The van der Waals surface area contributed by atoms with Crippen LogP contribution in [0.15, 0.2) is 33.7 Å². The average Bonchev–Trinajstić information content (AvgIpc) is 3.16. The Labute approximate surface area is 141 Å². The molecule has 120 valence electrons. The maximum absolute atomic E-state index is 5.62. The third kappa shape index (κ3) is 3.46. The van der Waals surface area contributed by atoms with E-state index < -0.39 is 0 Å². The van der Waals surface area contributed by atoms with E-state index in [-0.39, 0.29) is 0 Å². The van der Waals surface area contributed by atoms with Crippen LogP contribution in [-0.2, 0) is 11.3 Å². The highest BCUT2D eigenvalue weighted by atomic mass is 79.9. The lowest BCUT2D eigenvalue weighted by molar-refractivity contribution is 0.156. The Morgan fingerprint density at radius 2 is 2.27 bits per heavy atom. The van der Waals surface area contributed by atoms with Gasteiger partial charge >= 0.3 is 0 Å². The Morgan fingerprint density at radius 3 is 3.00 bits per heavy atom. The second-order valence-corrected chi connectivity index (χ2v) is 7.09. The number of aliphatic imine (C=N–C) groups is 1. The van der Waals surface area contributed by atoms with Crippen LogP contribution in [-0.4, -0.2) is 43.7 Å². The first kappa shape index (κ1) is 15.8. The van der Waals surface area contributed by atoms with Crippen molar-refractivity contribution in [2.24, 2.45) is 10.4 Å². The van der Waals surface area contributed by atoms with Gasteiger partial charge in [0, 0.05) is 36.1 Å². The highest BCUT2D eigenvalue weighted by molar-refractivity contribution is 9.10. The fourth-order valence-corrected chi connectivity index (χ4v) is 3.71. The number of ether oxygens (including phenoxy) is 1. The van der Waals surface area contributed by atoms with E-state index in [1.807, 2.05) is 6.07 Å². The second kappa shape index (κ2) is 7.01. The van der Waals surface area contributed by atoms with Crippen molar-refractivity contribution in [3.63, 3.8) is 0 Å². The molecular formula is C17H24BrN3O. The molecule has 0 bridgehead atoms. The molecule has 22 heavy (non-hydrogen) atoms. The van der Waals surface area contributed by atoms with Crippen LogP contribution in [0.25, 0.3) is 0 Å². The lowest BCUT2D eigenvalue weighted by atomic mass is 9.87. The summed E-state index contributed by atoms with van der Waals surface area (Å²) < 4.78 is 6.74. The van der Waals surface area contributed by atoms with E-state index in [4.69, 9.17) is 9.73 Å². The van der Waals surface area contributed by atoms with Gasteiger partial charge in [0.1, 0.15) is 0 Å². The maximum atomic E-state index is 5.62. The van der Waals surface area contributed by atoms with E-state index in [1.165, 1.54) is 18.4 Å². The quantitative estimate of drug-likeness (QED) is 0.660. The monoisotopic (exact) mass is 365 g/mol. The lowest BCUT2D eigenvalue weighted by Gasteiger charge is -2.25. The van der Waals surface area contributed by atoms with Crippen LogP contribution in [0.2, 0.25) is 0 Å². The van der Waals surface area contributed by atoms with Gasteiger partial charge in [-0.2, -0.15) is 0 Å². The maximum Gasteiger partial charge on any atom is 0.194 e. The third-order valence-corrected chi connectivity index (χ3v) is 5.39. The molecule has 2 aliphatic rings. The minimum absolute atomic E-state index is 0.365. The minimum Gasteiger partial charge on any atom is -0.381 e. The zero-order chi connectivity index (χ0) is 15.4. The molecule has 1 aromatic rings. The van der Waals surface area contributed by atoms with Crippen LogP contribution < -0.4 is 5.32 Å². The van der Waals surface area contributed by atoms with E-state index in [9.17, 15) is 0 Å². The molecule has 5 heteroatoms. The van der Waals surface area contributed by atoms with Gasteiger partial charge in [0.05, 0.1) is 13.2 Å². The summed E-state index contributed by atoms with van der Waals surface area (Å²) in [6.07, 6.45) is 2.40. The molecule has 0 aromatic heterocycles. The Balaban J connectivity index is 1.70. The van der Waals surface area contributed by atoms with E-state index in [0.29, 0.717) is 12.0 Å². The number of hydrogen-bond donors (Lipinski definition) is 1. The van der Waals surface area contributed by atoms with Crippen LogP contribution in [0.5, 0.6) is 0 Å². The Bertz CT molecular complexity index is 540. The number of hydrogen-bond acceptors (Lipinski definition) is 2. The first-order valence-electron chi connectivity index (χ1n) is 8.07. The molecule has 3 rings (SSSR count). The molecular weight excluding hydrogens is 342 g/mol. The molecule has 1 spiro atoms. The van der Waals surface area contributed by atoms with Gasteiger partial charge in [-0.3, -0.25) is 0 Å². The molecule has 1 aromatic carbocycles. The number of halogens is 1.